The van der Waals surface area contributed by atoms with E-state index in [2.05, 4.69) is 35.0 Å². The van der Waals surface area contributed by atoms with Gasteiger partial charge < -0.3 is 29.7 Å². The molecule has 3 unspecified atom stereocenters. The van der Waals surface area contributed by atoms with Gasteiger partial charge in [-0.15, -0.1) is 0 Å². The quantitative estimate of drug-likeness (QED) is 0.328. The van der Waals surface area contributed by atoms with Gasteiger partial charge in [0.05, 0.1) is 17.6 Å². The molecule has 1 spiro atoms. The number of aryl methyl sites for hydroxylation is 1. The summed E-state index contributed by atoms with van der Waals surface area (Å²) < 4.78 is 18.1. The Kier molecular flexibility index (Phi) is 10.5. The number of likely N-dealkylation sites (tertiary alicyclic amines) is 1. The number of benzene rings is 1. The highest BCUT2D eigenvalue weighted by Gasteiger charge is 2.52. The SMILES string of the molecule is CC.CC.C[C@H](Oc1cc(N2CCN3C(=O)OCC3(CO)C2)nc(-c2noc3c2CCCC32CCc3ccc(N)c(C#N)c32)n1)C1CCCN1C. The van der Waals surface area contributed by atoms with Gasteiger partial charge in [0, 0.05) is 43.0 Å². The molecule has 5 aliphatic rings. The number of piperazine rings is 1. The lowest BCUT2D eigenvalue weighted by Gasteiger charge is -2.44. The Morgan fingerprint density at radius 3 is 2.67 bits per heavy atom. The number of fused-ring (bicyclic) bond motifs is 5. The van der Waals surface area contributed by atoms with E-state index in [-0.39, 0.29) is 25.4 Å². The third kappa shape index (κ3) is 6.06. The maximum absolute atomic E-state index is 12.4. The maximum atomic E-state index is 12.4. The summed E-state index contributed by atoms with van der Waals surface area (Å²) in [5, 5.41) is 25.1. The first-order valence-electron chi connectivity index (χ1n) is 18.6. The first-order chi connectivity index (χ1) is 24.8. The van der Waals surface area contributed by atoms with E-state index in [4.69, 9.17) is 29.7 Å². The van der Waals surface area contributed by atoms with Crippen molar-refractivity contribution in [2.45, 2.75) is 103 Å². The zero-order valence-electron chi connectivity index (χ0n) is 30.9. The van der Waals surface area contributed by atoms with Gasteiger partial charge >= 0.3 is 6.09 Å². The second kappa shape index (κ2) is 14.7. The lowest BCUT2D eigenvalue weighted by molar-refractivity contribution is 0.0763. The molecule has 3 aromatic rings. The van der Waals surface area contributed by atoms with Crippen LogP contribution in [0, 0.1) is 11.3 Å². The fourth-order valence-corrected chi connectivity index (χ4v) is 8.84. The number of hydrogen-bond donors (Lipinski definition) is 2. The summed E-state index contributed by atoms with van der Waals surface area (Å²) in [6, 6.07) is 8.34. The zero-order valence-corrected chi connectivity index (χ0v) is 30.9. The van der Waals surface area contributed by atoms with Gasteiger partial charge in [-0.25, -0.2) is 9.78 Å². The van der Waals surface area contributed by atoms with Crippen LogP contribution >= 0.6 is 0 Å². The molecule has 3 saturated heterocycles. The number of aliphatic hydroxyl groups is 1. The number of nitrogens with zero attached hydrogens (tertiary/aromatic N) is 7. The molecule has 3 aliphatic heterocycles. The van der Waals surface area contributed by atoms with Crippen LogP contribution in [0.1, 0.15) is 94.7 Å². The Bertz CT molecular complexity index is 1790. The number of rotatable bonds is 6. The van der Waals surface area contributed by atoms with Crippen LogP contribution in [0.4, 0.5) is 16.3 Å². The Morgan fingerprint density at radius 1 is 1.14 bits per heavy atom. The van der Waals surface area contributed by atoms with Crippen molar-refractivity contribution >= 4 is 17.6 Å². The van der Waals surface area contributed by atoms with Crippen molar-refractivity contribution in [1.82, 2.24) is 24.9 Å². The molecule has 274 valence electrons. The lowest BCUT2D eigenvalue weighted by atomic mass is 9.68. The van der Waals surface area contributed by atoms with Crippen LogP contribution in [0.5, 0.6) is 5.88 Å². The number of nitrogen functional groups attached to an aromatic ring is 1. The van der Waals surface area contributed by atoms with Gasteiger partial charge in [0.15, 0.2) is 17.3 Å². The number of carbonyl (C=O) groups excluding carboxylic acids is 1. The number of likely N-dealkylation sites (N-methyl/N-ethyl adjacent to an activating group) is 1. The molecule has 3 N–H and O–H groups in total. The summed E-state index contributed by atoms with van der Waals surface area (Å²) in [6.07, 6.45) is 5.79. The topological polar surface area (TPSA) is 167 Å². The predicted octanol–water partition coefficient (Wildman–Crippen LogP) is 5.07. The van der Waals surface area contributed by atoms with Gasteiger partial charge in [0.25, 0.3) is 0 Å². The highest BCUT2D eigenvalue weighted by molar-refractivity contribution is 5.72. The average Bonchev–Trinajstić information content (AvgIpc) is 3.96. The van der Waals surface area contributed by atoms with E-state index in [1.165, 1.54) is 0 Å². The Hall–Kier alpha value is -4.41. The van der Waals surface area contributed by atoms with Crippen LogP contribution in [0.2, 0.25) is 0 Å². The van der Waals surface area contributed by atoms with Crippen LogP contribution in [0.25, 0.3) is 11.5 Å². The Balaban J connectivity index is 0.00000108. The van der Waals surface area contributed by atoms with E-state index in [1.54, 1.807) is 4.90 Å². The van der Waals surface area contributed by atoms with Crippen molar-refractivity contribution < 1.29 is 23.9 Å². The molecule has 0 saturated carbocycles. The van der Waals surface area contributed by atoms with Crippen molar-refractivity contribution in [1.29, 1.82) is 5.26 Å². The van der Waals surface area contributed by atoms with E-state index in [0.717, 1.165) is 73.9 Å². The Morgan fingerprint density at radius 2 is 1.94 bits per heavy atom. The molecular formula is C38H52N8O5. The van der Waals surface area contributed by atoms with E-state index >= 15 is 0 Å². The summed E-state index contributed by atoms with van der Waals surface area (Å²) >= 11 is 0. The number of ether oxygens (including phenoxy) is 2. The molecule has 51 heavy (non-hydrogen) atoms. The fraction of sp³-hybridized carbons (Fsp3) is 0.605. The number of nitriles is 1. The first-order valence-corrected chi connectivity index (χ1v) is 18.6. The molecule has 2 aromatic heterocycles. The molecule has 5 heterocycles. The number of amides is 1. The average molecular weight is 701 g/mol. The third-order valence-corrected chi connectivity index (χ3v) is 11.3. The number of aromatic nitrogens is 3. The third-order valence-electron chi connectivity index (χ3n) is 11.3. The van der Waals surface area contributed by atoms with Crippen LogP contribution in [0.15, 0.2) is 22.7 Å². The highest BCUT2D eigenvalue weighted by atomic mass is 16.6. The normalized spacial score (nSPS) is 25.5. The molecule has 1 amide bonds. The number of hydrogen-bond acceptors (Lipinski definition) is 12. The minimum absolute atomic E-state index is 0.112. The summed E-state index contributed by atoms with van der Waals surface area (Å²) in [5.41, 5.74) is 9.61. The van der Waals surface area contributed by atoms with Crippen molar-refractivity contribution in [3.8, 4) is 23.5 Å². The fourth-order valence-electron chi connectivity index (χ4n) is 8.84. The predicted molar refractivity (Wildman–Crippen MR) is 194 cm³/mol. The largest absolute Gasteiger partial charge is 0.473 e. The zero-order chi connectivity index (χ0) is 36.5. The van der Waals surface area contributed by atoms with Crippen molar-refractivity contribution in [3.05, 3.63) is 46.2 Å². The second-order valence-corrected chi connectivity index (χ2v) is 13.9. The van der Waals surface area contributed by atoms with Crippen LogP contribution < -0.4 is 15.4 Å². The molecule has 13 nitrogen and oxygen atoms in total. The second-order valence-electron chi connectivity index (χ2n) is 13.9. The number of nitrogens with two attached hydrogens (primary N) is 1. The van der Waals surface area contributed by atoms with Gasteiger partial charge in [-0.2, -0.15) is 10.2 Å². The smallest absolute Gasteiger partial charge is 0.410 e. The monoisotopic (exact) mass is 700 g/mol. The lowest BCUT2D eigenvalue weighted by Crippen LogP contribution is -2.63. The molecule has 13 heteroatoms. The summed E-state index contributed by atoms with van der Waals surface area (Å²) in [4.78, 5) is 28.4. The molecule has 0 radical (unpaired) electrons. The number of cyclic esters (lactones) is 1. The molecule has 4 atom stereocenters. The van der Waals surface area contributed by atoms with Crippen molar-refractivity contribution in [3.63, 3.8) is 0 Å². The molecule has 1 aromatic carbocycles. The van der Waals surface area contributed by atoms with Gasteiger partial charge in [-0.3, -0.25) is 9.80 Å². The van der Waals surface area contributed by atoms with E-state index in [9.17, 15) is 15.2 Å². The molecule has 3 fully saturated rings. The van der Waals surface area contributed by atoms with Crippen LogP contribution in [-0.2, 0) is 23.0 Å². The molecule has 0 bridgehead atoms. The summed E-state index contributed by atoms with van der Waals surface area (Å²) in [5.74, 6) is 2.23. The maximum Gasteiger partial charge on any atom is 0.410 e. The van der Waals surface area contributed by atoms with E-state index in [0.29, 0.717) is 54.1 Å². The van der Waals surface area contributed by atoms with Gasteiger partial charge in [-0.05, 0) is 82.7 Å². The van der Waals surface area contributed by atoms with Crippen molar-refractivity contribution in [2.75, 3.05) is 57.1 Å². The molecule has 2 aliphatic carbocycles. The van der Waals surface area contributed by atoms with Crippen LogP contribution in [-0.4, -0.2) is 100 Å². The number of aliphatic hydroxyl groups excluding tert-OH is 1. The van der Waals surface area contributed by atoms with E-state index < -0.39 is 17.0 Å². The standard InChI is InChI=1S/C34H40N8O5.2C2H6/c1-20(25-6-4-12-40(25)2)46-27-15-26(41-13-14-42-32(44)45-19-33(42,17-41)18-43)37-31(38-27)29-22-5-3-10-34(30(22)47-39-29)11-9-21-7-8-24(36)23(16-35)28(21)34;2*1-2/h7-8,15,20,25,43H,3-6,9-14,17-19,36H2,1-2H3;2*1-2H3/t20-,25?,33?,34?;;/m0../s1. The minimum atomic E-state index is -0.850. The number of anilines is 2. The van der Waals surface area contributed by atoms with Crippen LogP contribution in [0.3, 0.4) is 0 Å². The molecular weight excluding hydrogens is 648 g/mol. The first kappa shape index (κ1) is 36.4. The molecule has 8 rings (SSSR count). The van der Waals surface area contributed by atoms with E-state index in [1.807, 2.05) is 45.9 Å². The van der Waals surface area contributed by atoms with Crippen molar-refractivity contribution in [2.24, 2.45) is 0 Å². The van der Waals surface area contributed by atoms with Gasteiger partial charge in [0.2, 0.25) is 5.88 Å². The summed E-state index contributed by atoms with van der Waals surface area (Å²) in [6.45, 7) is 12.2. The Labute approximate surface area is 300 Å². The number of carbonyl (C=O) groups is 1. The summed E-state index contributed by atoms with van der Waals surface area (Å²) in [7, 11) is 2.12. The minimum Gasteiger partial charge on any atom is -0.473 e. The van der Waals surface area contributed by atoms with Gasteiger partial charge in [0.1, 0.15) is 30.1 Å². The van der Waals surface area contributed by atoms with Gasteiger partial charge in [-0.1, -0.05) is 38.9 Å². The highest BCUT2D eigenvalue weighted by Crippen LogP contribution is 2.54.